The molecule has 1 atom stereocenters. The van der Waals surface area contributed by atoms with Crippen molar-refractivity contribution in [2.24, 2.45) is 0 Å². The van der Waals surface area contributed by atoms with E-state index < -0.39 is 0 Å². The third-order valence-electron chi connectivity index (χ3n) is 3.13. The minimum absolute atomic E-state index is 0.0749. The number of nitrogens with one attached hydrogen (secondary N) is 1. The van der Waals surface area contributed by atoms with Crippen LogP contribution in [-0.2, 0) is 6.54 Å². The highest BCUT2D eigenvalue weighted by Crippen LogP contribution is 2.23. The normalized spacial score (nSPS) is 12.1. The van der Waals surface area contributed by atoms with Crippen molar-refractivity contribution >= 4 is 21.6 Å². The second-order valence-corrected chi connectivity index (χ2v) is 5.48. The van der Waals surface area contributed by atoms with Crippen LogP contribution < -0.4 is 10.9 Å². The zero-order valence-electron chi connectivity index (χ0n) is 11.8. The molecule has 1 heterocycles. The van der Waals surface area contributed by atoms with E-state index in [9.17, 15) is 9.90 Å². The Kier molecular flexibility index (Phi) is 5.52. The fraction of sp³-hybridized carbons (Fsp3) is 0.333. The lowest BCUT2D eigenvalue weighted by Gasteiger charge is -2.19. The van der Waals surface area contributed by atoms with E-state index in [2.05, 4.69) is 26.3 Å². The molecule has 0 amide bonds. The van der Waals surface area contributed by atoms with Gasteiger partial charge in [0.05, 0.1) is 24.5 Å². The molecule has 0 saturated heterocycles. The fourth-order valence-corrected chi connectivity index (χ4v) is 2.47. The number of rotatable bonds is 6. The minimum Gasteiger partial charge on any atom is -0.394 e. The van der Waals surface area contributed by atoms with E-state index in [-0.39, 0.29) is 18.2 Å². The molecule has 0 spiro atoms. The molecule has 1 aromatic heterocycles. The van der Waals surface area contributed by atoms with Crippen LogP contribution in [0.25, 0.3) is 0 Å². The van der Waals surface area contributed by atoms with Gasteiger partial charge < -0.3 is 10.4 Å². The molecule has 0 bridgehead atoms. The van der Waals surface area contributed by atoms with Gasteiger partial charge in [0.25, 0.3) is 5.56 Å². The Morgan fingerprint density at radius 1 is 1.38 bits per heavy atom. The highest BCUT2D eigenvalue weighted by Gasteiger charge is 2.14. The Labute approximate surface area is 131 Å². The lowest BCUT2D eigenvalue weighted by molar-refractivity contribution is 0.276. The molecule has 0 aliphatic rings. The van der Waals surface area contributed by atoms with Crippen molar-refractivity contribution in [2.45, 2.75) is 25.9 Å². The van der Waals surface area contributed by atoms with Gasteiger partial charge in [-0.15, -0.1) is 0 Å². The number of anilines is 1. The molecule has 1 aromatic carbocycles. The van der Waals surface area contributed by atoms with Gasteiger partial charge in [-0.1, -0.05) is 37.3 Å². The summed E-state index contributed by atoms with van der Waals surface area (Å²) in [6.45, 7) is 2.50. The van der Waals surface area contributed by atoms with Gasteiger partial charge in [-0.3, -0.25) is 4.79 Å². The van der Waals surface area contributed by atoms with Gasteiger partial charge >= 0.3 is 0 Å². The Balaban J connectivity index is 2.26. The molecule has 112 valence electrons. The molecular weight excluding hydrogens is 334 g/mol. The third-order valence-corrected chi connectivity index (χ3v) is 3.90. The predicted molar refractivity (Wildman–Crippen MR) is 86.4 cm³/mol. The van der Waals surface area contributed by atoms with E-state index in [0.717, 1.165) is 12.0 Å². The first-order valence-electron chi connectivity index (χ1n) is 6.85. The summed E-state index contributed by atoms with van der Waals surface area (Å²) in [5.74, 6) is 0. The maximum atomic E-state index is 12.1. The van der Waals surface area contributed by atoms with E-state index >= 15 is 0 Å². The first-order valence-corrected chi connectivity index (χ1v) is 7.64. The summed E-state index contributed by atoms with van der Waals surface area (Å²) in [5, 5.41) is 16.8. The number of halogens is 1. The van der Waals surface area contributed by atoms with Crippen LogP contribution in [0, 0.1) is 0 Å². The first-order chi connectivity index (χ1) is 10.2. The van der Waals surface area contributed by atoms with Crippen LogP contribution in [0.3, 0.4) is 0 Å². The van der Waals surface area contributed by atoms with Crippen molar-refractivity contribution < 1.29 is 5.11 Å². The Morgan fingerprint density at radius 3 is 2.71 bits per heavy atom. The summed E-state index contributed by atoms with van der Waals surface area (Å²) in [5.41, 5.74) is 1.35. The molecule has 2 aromatic rings. The van der Waals surface area contributed by atoms with E-state index in [1.54, 1.807) is 6.20 Å². The first kappa shape index (κ1) is 15.7. The van der Waals surface area contributed by atoms with Crippen LogP contribution >= 0.6 is 15.9 Å². The minimum atomic E-state index is -0.286. The molecular formula is C15H18BrN3O2. The summed E-state index contributed by atoms with van der Waals surface area (Å²) >= 11 is 3.31. The van der Waals surface area contributed by atoms with Gasteiger partial charge in [0.1, 0.15) is 4.47 Å². The van der Waals surface area contributed by atoms with E-state index in [0.29, 0.717) is 16.7 Å². The van der Waals surface area contributed by atoms with Gasteiger partial charge in [0.15, 0.2) is 0 Å². The summed E-state index contributed by atoms with van der Waals surface area (Å²) < 4.78 is 1.85. The molecule has 2 rings (SSSR count). The van der Waals surface area contributed by atoms with Gasteiger partial charge in [-0.25, -0.2) is 4.68 Å². The summed E-state index contributed by atoms with van der Waals surface area (Å²) in [6, 6.07) is 9.30. The summed E-state index contributed by atoms with van der Waals surface area (Å²) in [7, 11) is 0. The largest absolute Gasteiger partial charge is 0.394 e. The molecule has 0 saturated carbocycles. The van der Waals surface area contributed by atoms with Crippen LogP contribution in [0.2, 0.25) is 0 Å². The smallest absolute Gasteiger partial charge is 0.283 e. The van der Waals surface area contributed by atoms with Crippen molar-refractivity contribution in [3.05, 3.63) is 56.9 Å². The van der Waals surface area contributed by atoms with Gasteiger partial charge in [-0.2, -0.15) is 5.10 Å². The predicted octanol–water partition coefficient (Wildman–Crippen LogP) is 2.56. The SMILES string of the molecule is CCCn1ncc(NC(CO)c2ccccc2)c(Br)c1=O. The Hall–Kier alpha value is -1.66. The zero-order valence-corrected chi connectivity index (χ0v) is 13.4. The number of hydrogen-bond acceptors (Lipinski definition) is 4. The molecule has 0 radical (unpaired) electrons. The number of aromatic nitrogens is 2. The topological polar surface area (TPSA) is 67.2 Å². The van der Waals surface area contributed by atoms with Gasteiger partial charge in [0.2, 0.25) is 0 Å². The summed E-state index contributed by atoms with van der Waals surface area (Å²) in [6.07, 6.45) is 2.45. The Morgan fingerprint density at radius 2 is 2.10 bits per heavy atom. The highest BCUT2D eigenvalue weighted by molar-refractivity contribution is 9.10. The molecule has 5 nitrogen and oxygen atoms in total. The molecule has 0 aliphatic carbocycles. The maximum absolute atomic E-state index is 12.1. The average molecular weight is 352 g/mol. The number of aliphatic hydroxyl groups excluding tert-OH is 1. The number of benzene rings is 1. The standard InChI is InChI=1S/C15H18BrN3O2/c1-2-8-19-15(21)14(16)12(9-17-19)18-13(10-20)11-6-4-3-5-7-11/h3-7,9,13,18,20H,2,8,10H2,1H3. The van der Waals surface area contributed by atoms with Crippen LogP contribution in [0.5, 0.6) is 0 Å². The summed E-state index contributed by atoms with van der Waals surface area (Å²) in [4.78, 5) is 12.1. The number of hydrogen-bond donors (Lipinski definition) is 2. The van der Waals surface area contributed by atoms with Crippen molar-refractivity contribution in [2.75, 3.05) is 11.9 Å². The molecule has 0 fully saturated rings. The van der Waals surface area contributed by atoms with Crippen molar-refractivity contribution in [3.63, 3.8) is 0 Å². The number of nitrogens with zero attached hydrogens (tertiary/aromatic N) is 2. The zero-order chi connectivity index (χ0) is 15.2. The maximum Gasteiger partial charge on any atom is 0.283 e. The van der Waals surface area contributed by atoms with E-state index in [1.165, 1.54) is 4.68 Å². The highest BCUT2D eigenvalue weighted by atomic mass is 79.9. The molecule has 0 aliphatic heterocycles. The fourth-order valence-electron chi connectivity index (χ4n) is 2.04. The van der Waals surface area contributed by atoms with E-state index in [1.807, 2.05) is 37.3 Å². The quantitative estimate of drug-likeness (QED) is 0.839. The van der Waals surface area contributed by atoms with Crippen LogP contribution in [-0.4, -0.2) is 21.5 Å². The number of aryl methyl sites for hydroxylation is 1. The molecule has 1 unspecified atom stereocenters. The molecule has 2 N–H and O–H groups in total. The lowest BCUT2D eigenvalue weighted by Crippen LogP contribution is -2.25. The van der Waals surface area contributed by atoms with Crippen LogP contribution in [0.1, 0.15) is 24.9 Å². The molecule has 6 heteroatoms. The van der Waals surface area contributed by atoms with Crippen molar-refractivity contribution in [3.8, 4) is 0 Å². The van der Waals surface area contributed by atoms with E-state index in [4.69, 9.17) is 0 Å². The van der Waals surface area contributed by atoms with Gasteiger partial charge in [0, 0.05) is 6.54 Å². The van der Waals surface area contributed by atoms with Crippen molar-refractivity contribution in [1.29, 1.82) is 0 Å². The van der Waals surface area contributed by atoms with Crippen LogP contribution in [0.4, 0.5) is 5.69 Å². The second-order valence-electron chi connectivity index (χ2n) is 4.69. The molecule has 21 heavy (non-hydrogen) atoms. The average Bonchev–Trinajstić information content (AvgIpc) is 2.52. The lowest BCUT2D eigenvalue weighted by atomic mass is 10.1. The van der Waals surface area contributed by atoms with Crippen molar-refractivity contribution in [1.82, 2.24) is 9.78 Å². The Bertz CT molecular complexity index is 643. The monoisotopic (exact) mass is 351 g/mol. The van der Waals surface area contributed by atoms with Gasteiger partial charge in [-0.05, 0) is 27.9 Å². The number of aliphatic hydroxyl groups is 1. The van der Waals surface area contributed by atoms with Crippen LogP contribution in [0.15, 0.2) is 45.8 Å². The second kappa shape index (κ2) is 7.38. The third kappa shape index (κ3) is 3.71.